The van der Waals surface area contributed by atoms with Gasteiger partial charge in [0.2, 0.25) is 0 Å². The molecule has 0 heterocycles. The first-order chi connectivity index (χ1) is 5.24. The van der Waals surface area contributed by atoms with Crippen LogP contribution in [-0.4, -0.2) is 0 Å². The van der Waals surface area contributed by atoms with E-state index in [4.69, 9.17) is 11.6 Å². The molecule has 1 atom stereocenters. The normalized spacial score (nSPS) is 13.0. The van der Waals surface area contributed by atoms with Crippen molar-refractivity contribution in [3.05, 3.63) is 35.4 Å². The molecule has 0 N–H and O–H groups in total. The van der Waals surface area contributed by atoms with Crippen LogP contribution >= 0.6 is 11.6 Å². The fraction of sp³-hybridized carbons (Fsp3) is 0.400. The van der Waals surface area contributed by atoms with Gasteiger partial charge in [0.25, 0.3) is 0 Å². The van der Waals surface area contributed by atoms with E-state index in [-0.39, 0.29) is 5.38 Å². The first kappa shape index (κ1) is 8.61. The number of halogens is 1. The van der Waals surface area contributed by atoms with Crippen molar-refractivity contribution in [2.24, 2.45) is 0 Å². The van der Waals surface area contributed by atoms with E-state index < -0.39 is 0 Å². The lowest BCUT2D eigenvalue weighted by atomic mass is 10.1. The Labute approximate surface area is 73.2 Å². The Morgan fingerprint density at radius 3 is 2.27 bits per heavy atom. The van der Waals surface area contributed by atoms with Crippen LogP contribution in [0.3, 0.4) is 0 Å². The second-order valence-corrected chi connectivity index (χ2v) is 3.31. The van der Waals surface area contributed by atoms with Gasteiger partial charge >= 0.3 is 0 Å². The molecular weight excluding hydrogens is 156 g/mol. The van der Waals surface area contributed by atoms with E-state index in [0.717, 1.165) is 6.42 Å². The largest absolute Gasteiger partial charge is 0.118 e. The van der Waals surface area contributed by atoms with Gasteiger partial charge in [-0.25, -0.2) is 0 Å². The maximum atomic E-state index is 6.04. The van der Waals surface area contributed by atoms with E-state index in [0.29, 0.717) is 0 Å². The summed E-state index contributed by atoms with van der Waals surface area (Å²) >= 11 is 6.04. The smallest absolute Gasteiger partial charge is 0.0582 e. The Balaban J connectivity index is 2.81. The summed E-state index contributed by atoms with van der Waals surface area (Å²) in [5.41, 5.74) is 2.51. The van der Waals surface area contributed by atoms with E-state index in [1.54, 1.807) is 0 Å². The Morgan fingerprint density at radius 2 is 1.82 bits per heavy atom. The summed E-state index contributed by atoms with van der Waals surface area (Å²) in [6.45, 7) is 4.18. The van der Waals surface area contributed by atoms with E-state index in [2.05, 4.69) is 38.1 Å². The van der Waals surface area contributed by atoms with Gasteiger partial charge in [0.1, 0.15) is 0 Å². The van der Waals surface area contributed by atoms with E-state index in [1.807, 2.05) is 0 Å². The summed E-state index contributed by atoms with van der Waals surface area (Å²) in [5, 5.41) is 0.176. The van der Waals surface area contributed by atoms with Crippen LogP contribution < -0.4 is 0 Å². The third-order valence-corrected chi connectivity index (χ3v) is 2.36. The molecule has 11 heavy (non-hydrogen) atoms. The lowest BCUT2D eigenvalue weighted by molar-refractivity contribution is 0.883. The van der Waals surface area contributed by atoms with Gasteiger partial charge in [-0.05, 0) is 18.9 Å². The van der Waals surface area contributed by atoms with Gasteiger partial charge in [-0.15, -0.1) is 11.6 Å². The highest BCUT2D eigenvalue weighted by atomic mass is 35.5. The number of aryl methyl sites for hydroxylation is 1. The summed E-state index contributed by atoms with van der Waals surface area (Å²) < 4.78 is 0. The molecule has 1 aromatic carbocycles. The van der Waals surface area contributed by atoms with Crippen LogP contribution in [0.1, 0.15) is 29.8 Å². The lowest BCUT2D eigenvalue weighted by Gasteiger charge is -2.05. The third kappa shape index (κ3) is 2.23. The van der Waals surface area contributed by atoms with Gasteiger partial charge in [-0.1, -0.05) is 36.8 Å². The van der Waals surface area contributed by atoms with Crippen LogP contribution in [0, 0.1) is 6.92 Å². The first-order valence-corrected chi connectivity index (χ1v) is 4.38. The minimum atomic E-state index is 0.176. The van der Waals surface area contributed by atoms with Crippen molar-refractivity contribution >= 4 is 11.6 Å². The minimum Gasteiger partial charge on any atom is -0.118 e. The van der Waals surface area contributed by atoms with Gasteiger partial charge in [-0.3, -0.25) is 0 Å². The number of rotatable bonds is 2. The zero-order chi connectivity index (χ0) is 8.27. The molecule has 0 aliphatic carbocycles. The molecule has 0 aliphatic rings. The predicted molar refractivity (Wildman–Crippen MR) is 50.1 cm³/mol. The highest BCUT2D eigenvalue weighted by Crippen LogP contribution is 2.23. The van der Waals surface area contributed by atoms with Crippen molar-refractivity contribution in [2.75, 3.05) is 0 Å². The average Bonchev–Trinajstić information content (AvgIpc) is 2.05. The fourth-order valence-electron chi connectivity index (χ4n) is 1.01. The zero-order valence-corrected chi connectivity index (χ0v) is 7.73. The Morgan fingerprint density at radius 1 is 1.27 bits per heavy atom. The molecule has 0 saturated carbocycles. The highest BCUT2D eigenvalue weighted by molar-refractivity contribution is 6.20. The quantitative estimate of drug-likeness (QED) is 0.591. The zero-order valence-electron chi connectivity index (χ0n) is 6.97. The lowest BCUT2D eigenvalue weighted by Crippen LogP contribution is -1.86. The topological polar surface area (TPSA) is 0 Å². The first-order valence-electron chi connectivity index (χ1n) is 3.94. The van der Waals surface area contributed by atoms with Crippen LogP contribution in [0.5, 0.6) is 0 Å². The van der Waals surface area contributed by atoms with Gasteiger partial charge in [-0.2, -0.15) is 0 Å². The van der Waals surface area contributed by atoms with Crippen molar-refractivity contribution < 1.29 is 0 Å². The fourth-order valence-corrected chi connectivity index (χ4v) is 1.16. The van der Waals surface area contributed by atoms with Crippen molar-refractivity contribution in [1.82, 2.24) is 0 Å². The van der Waals surface area contributed by atoms with Crippen molar-refractivity contribution in [3.8, 4) is 0 Å². The Hall–Kier alpha value is -0.490. The molecule has 1 rings (SSSR count). The molecule has 1 unspecified atom stereocenters. The summed E-state index contributed by atoms with van der Waals surface area (Å²) in [6, 6.07) is 8.38. The van der Waals surface area contributed by atoms with Crippen LogP contribution in [0.15, 0.2) is 24.3 Å². The van der Waals surface area contributed by atoms with E-state index >= 15 is 0 Å². The second-order valence-electron chi connectivity index (χ2n) is 2.79. The Bertz CT molecular complexity index is 213. The van der Waals surface area contributed by atoms with E-state index in [1.165, 1.54) is 11.1 Å². The second kappa shape index (κ2) is 3.77. The summed E-state index contributed by atoms with van der Waals surface area (Å²) in [7, 11) is 0. The molecule has 0 saturated heterocycles. The molecule has 0 bridgehead atoms. The number of hydrogen-bond donors (Lipinski definition) is 0. The molecule has 0 radical (unpaired) electrons. The van der Waals surface area contributed by atoms with Gasteiger partial charge in [0, 0.05) is 0 Å². The molecule has 0 fully saturated rings. The molecule has 0 spiro atoms. The minimum absolute atomic E-state index is 0.176. The number of alkyl halides is 1. The van der Waals surface area contributed by atoms with Crippen molar-refractivity contribution in [3.63, 3.8) is 0 Å². The molecule has 1 aromatic rings. The van der Waals surface area contributed by atoms with Crippen LogP contribution in [0.4, 0.5) is 0 Å². The van der Waals surface area contributed by atoms with Crippen LogP contribution in [-0.2, 0) is 0 Å². The average molecular weight is 169 g/mol. The molecule has 0 aromatic heterocycles. The number of hydrogen-bond acceptors (Lipinski definition) is 0. The summed E-state index contributed by atoms with van der Waals surface area (Å²) in [5.74, 6) is 0. The van der Waals surface area contributed by atoms with E-state index in [9.17, 15) is 0 Å². The molecule has 0 aliphatic heterocycles. The summed E-state index contributed by atoms with van der Waals surface area (Å²) in [4.78, 5) is 0. The SMILES string of the molecule is CCC(Cl)c1ccc(C)cc1. The van der Waals surface area contributed by atoms with Gasteiger partial charge in [0.15, 0.2) is 0 Å². The third-order valence-electron chi connectivity index (χ3n) is 1.80. The maximum Gasteiger partial charge on any atom is 0.0582 e. The summed E-state index contributed by atoms with van der Waals surface area (Å²) in [6.07, 6.45) is 0.991. The van der Waals surface area contributed by atoms with Crippen molar-refractivity contribution in [2.45, 2.75) is 25.6 Å². The molecule has 0 nitrogen and oxygen atoms in total. The molecular formula is C10H13Cl. The number of benzene rings is 1. The highest BCUT2D eigenvalue weighted by Gasteiger charge is 2.02. The molecule has 0 amide bonds. The van der Waals surface area contributed by atoms with Crippen LogP contribution in [0.25, 0.3) is 0 Å². The molecule has 1 heteroatoms. The van der Waals surface area contributed by atoms with Crippen LogP contribution in [0.2, 0.25) is 0 Å². The van der Waals surface area contributed by atoms with Gasteiger partial charge in [0.05, 0.1) is 5.38 Å². The van der Waals surface area contributed by atoms with Crippen molar-refractivity contribution in [1.29, 1.82) is 0 Å². The standard InChI is InChI=1S/C10H13Cl/c1-3-10(11)9-6-4-8(2)5-7-9/h4-7,10H,3H2,1-2H3. The predicted octanol–water partition coefficient (Wildman–Crippen LogP) is 3.68. The maximum absolute atomic E-state index is 6.04. The molecule has 60 valence electrons. The monoisotopic (exact) mass is 168 g/mol. The Kier molecular flexibility index (Phi) is 2.95. The van der Waals surface area contributed by atoms with Gasteiger partial charge < -0.3 is 0 Å².